The maximum Gasteiger partial charge on any atom is 0.295 e. The Hall–Kier alpha value is -3.46. The summed E-state index contributed by atoms with van der Waals surface area (Å²) in [4.78, 5) is 31.1. The number of morpholine rings is 1. The SMILES string of the molecule is Cc1ccccc1COc1ccc(/C(O)=C2\C(=O)C(=O)N(CCCN3CCOCC3)C2c2cccs2)cc1. The molecule has 2 aromatic carbocycles. The van der Waals surface area contributed by atoms with Gasteiger partial charge in [-0.3, -0.25) is 14.5 Å². The molecule has 38 heavy (non-hydrogen) atoms. The van der Waals surface area contributed by atoms with Gasteiger partial charge in [0.15, 0.2) is 0 Å². The molecule has 3 aromatic rings. The second-order valence-corrected chi connectivity index (χ2v) is 10.5. The Balaban J connectivity index is 1.34. The number of aryl methyl sites for hydroxylation is 1. The molecule has 2 saturated heterocycles. The second kappa shape index (κ2) is 11.9. The predicted octanol–water partition coefficient (Wildman–Crippen LogP) is 4.78. The quantitative estimate of drug-likeness (QED) is 0.243. The van der Waals surface area contributed by atoms with Crippen molar-refractivity contribution in [2.75, 3.05) is 39.4 Å². The summed E-state index contributed by atoms with van der Waals surface area (Å²) in [6.45, 7) is 6.93. The minimum absolute atomic E-state index is 0.136. The fraction of sp³-hybridized carbons (Fsp3) is 0.333. The number of amides is 1. The first-order valence-electron chi connectivity index (χ1n) is 12.9. The minimum Gasteiger partial charge on any atom is -0.507 e. The molecule has 0 bridgehead atoms. The molecule has 198 valence electrons. The number of ketones is 1. The summed E-state index contributed by atoms with van der Waals surface area (Å²) in [5.41, 5.74) is 2.87. The predicted molar refractivity (Wildman–Crippen MR) is 147 cm³/mol. The van der Waals surface area contributed by atoms with Crippen molar-refractivity contribution in [3.63, 3.8) is 0 Å². The van der Waals surface area contributed by atoms with Crippen LogP contribution in [0.5, 0.6) is 5.75 Å². The van der Waals surface area contributed by atoms with E-state index < -0.39 is 17.7 Å². The number of hydrogen-bond donors (Lipinski definition) is 1. The lowest BCUT2D eigenvalue weighted by molar-refractivity contribution is -0.140. The number of hydrogen-bond acceptors (Lipinski definition) is 7. The van der Waals surface area contributed by atoms with Crippen LogP contribution in [0, 0.1) is 6.92 Å². The van der Waals surface area contributed by atoms with Gasteiger partial charge in [-0.05, 0) is 60.2 Å². The monoisotopic (exact) mass is 532 g/mol. The third-order valence-electron chi connectivity index (χ3n) is 7.11. The molecular weight excluding hydrogens is 500 g/mol. The lowest BCUT2D eigenvalue weighted by Crippen LogP contribution is -2.38. The van der Waals surface area contributed by atoms with Gasteiger partial charge in [0.05, 0.1) is 24.8 Å². The van der Waals surface area contributed by atoms with E-state index in [0.29, 0.717) is 24.5 Å². The van der Waals surface area contributed by atoms with Crippen LogP contribution in [0.25, 0.3) is 5.76 Å². The number of carbonyl (C=O) groups excluding carboxylic acids is 2. The van der Waals surface area contributed by atoms with E-state index >= 15 is 0 Å². The summed E-state index contributed by atoms with van der Waals surface area (Å²) in [6.07, 6.45) is 0.738. The van der Waals surface area contributed by atoms with E-state index in [4.69, 9.17) is 9.47 Å². The van der Waals surface area contributed by atoms with E-state index in [9.17, 15) is 14.7 Å². The van der Waals surface area contributed by atoms with Crippen LogP contribution in [-0.4, -0.2) is 66.0 Å². The summed E-state index contributed by atoms with van der Waals surface area (Å²) in [7, 11) is 0. The maximum atomic E-state index is 13.2. The zero-order valence-electron chi connectivity index (χ0n) is 21.5. The summed E-state index contributed by atoms with van der Waals surface area (Å²) in [6, 6.07) is 18.2. The number of Topliss-reactive ketones (excluding diaryl/α,β-unsaturated/α-hetero) is 1. The van der Waals surface area contributed by atoms with Crippen LogP contribution >= 0.6 is 11.3 Å². The van der Waals surface area contributed by atoms with Crippen LogP contribution in [0.2, 0.25) is 0 Å². The zero-order chi connectivity index (χ0) is 26.5. The maximum absolute atomic E-state index is 13.2. The van der Waals surface area contributed by atoms with Crippen molar-refractivity contribution in [3.8, 4) is 5.75 Å². The normalized spacial score (nSPS) is 19.7. The highest BCUT2D eigenvalue weighted by molar-refractivity contribution is 7.10. The molecule has 1 aromatic heterocycles. The third-order valence-corrected chi connectivity index (χ3v) is 8.04. The van der Waals surface area contributed by atoms with Crippen LogP contribution < -0.4 is 4.74 Å². The average molecular weight is 533 g/mol. The summed E-state index contributed by atoms with van der Waals surface area (Å²) in [5.74, 6) is -0.719. The van der Waals surface area contributed by atoms with Crippen LogP contribution in [0.15, 0.2) is 71.6 Å². The van der Waals surface area contributed by atoms with Crippen molar-refractivity contribution >= 4 is 28.8 Å². The van der Waals surface area contributed by atoms with Crippen molar-refractivity contribution in [2.24, 2.45) is 0 Å². The van der Waals surface area contributed by atoms with Crippen LogP contribution in [-0.2, 0) is 20.9 Å². The van der Waals surface area contributed by atoms with Crippen molar-refractivity contribution in [1.82, 2.24) is 9.80 Å². The van der Waals surface area contributed by atoms with Gasteiger partial charge in [0.2, 0.25) is 0 Å². The molecule has 0 radical (unpaired) electrons. The molecule has 8 heteroatoms. The van der Waals surface area contributed by atoms with E-state index in [-0.39, 0.29) is 11.3 Å². The highest BCUT2D eigenvalue weighted by atomic mass is 32.1. The number of benzene rings is 2. The van der Waals surface area contributed by atoms with E-state index in [2.05, 4.69) is 4.90 Å². The third kappa shape index (κ3) is 5.67. The van der Waals surface area contributed by atoms with Gasteiger partial charge in [-0.1, -0.05) is 30.3 Å². The number of ether oxygens (including phenoxy) is 2. The molecular formula is C30H32N2O5S. The van der Waals surface area contributed by atoms with Crippen LogP contribution in [0.1, 0.15) is 34.0 Å². The molecule has 5 rings (SSSR count). The summed E-state index contributed by atoms with van der Waals surface area (Å²) < 4.78 is 11.3. The van der Waals surface area contributed by atoms with Gasteiger partial charge < -0.3 is 19.5 Å². The Kier molecular flexibility index (Phi) is 8.22. The Morgan fingerprint density at radius 2 is 1.79 bits per heavy atom. The van der Waals surface area contributed by atoms with E-state index in [0.717, 1.165) is 55.3 Å². The van der Waals surface area contributed by atoms with Crippen molar-refractivity contribution in [1.29, 1.82) is 0 Å². The highest BCUT2D eigenvalue weighted by Gasteiger charge is 2.46. The molecule has 1 N–H and O–H groups in total. The lowest BCUT2D eigenvalue weighted by atomic mass is 10.00. The minimum atomic E-state index is -0.646. The van der Waals surface area contributed by atoms with Gasteiger partial charge in [-0.2, -0.15) is 0 Å². The molecule has 1 unspecified atom stereocenters. The number of aliphatic hydroxyl groups is 1. The van der Waals surface area contributed by atoms with Crippen LogP contribution in [0.3, 0.4) is 0 Å². The fourth-order valence-electron chi connectivity index (χ4n) is 4.94. The highest BCUT2D eigenvalue weighted by Crippen LogP contribution is 2.41. The molecule has 2 aliphatic rings. The Morgan fingerprint density at radius 3 is 2.50 bits per heavy atom. The van der Waals surface area contributed by atoms with Gasteiger partial charge in [0, 0.05) is 36.6 Å². The molecule has 1 atom stereocenters. The number of nitrogens with zero attached hydrogens (tertiary/aromatic N) is 2. The lowest BCUT2D eigenvalue weighted by Gasteiger charge is -2.28. The average Bonchev–Trinajstić information content (AvgIpc) is 3.56. The molecule has 1 amide bonds. The Labute approximate surface area is 226 Å². The molecule has 7 nitrogen and oxygen atoms in total. The number of thiophene rings is 1. The van der Waals surface area contributed by atoms with Crippen molar-refractivity contribution < 1.29 is 24.2 Å². The standard InChI is InChI=1S/C30H32N2O5S/c1-21-6-2-3-7-23(21)20-37-24-11-9-22(10-12-24)28(33)26-27(25-8-4-19-38-25)32(30(35)29(26)34)14-5-13-31-15-17-36-18-16-31/h2-4,6-12,19,27,33H,5,13-18,20H2,1H3/b28-26+. The van der Waals surface area contributed by atoms with Gasteiger partial charge >= 0.3 is 0 Å². The van der Waals surface area contributed by atoms with E-state index in [1.54, 1.807) is 29.2 Å². The molecule has 2 fully saturated rings. The summed E-state index contributed by atoms with van der Waals surface area (Å²) >= 11 is 1.48. The topological polar surface area (TPSA) is 79.3 Å². The van der Waals surface area contributed by atoms with E-state index in [1.807, 2.05) is 48.7 Å². The molecule has 0 spiro atoms. The van der Waals surface area contributed by atoms with Crippen molar-refractivity contribution in [3.05, 3.63) is 93.2 Å². The first kappa shape index (κ1) is 26.2. The van der Waals surface area contributed by atoms with E-state index in [1.165, 1.54) is 11.3 Å². The number of carbonyl (C=O) groups is 2. The van der Waals surface area contributed by atoms with Gasteiger partial charge in [0.25, 0.3) is 11.7 Å². The first-order valence-corrected chi connectivity index (χ1v) is 13.8. The number of rotatable bonds is 9. The van der Waals surface area contributed by atoms with Gasteiger partial charge in [-0.25, -0.2) is 0 Å². The Bertz CT molecular complexity index is 1300. The molecule has 0 aliphatic carbocycles. The van der Waals surface area contributed by atoms with Gasteiger partial charge in [0.1, 0.15) is 18.1 Å². The largest absolute Gasteiger partial charge is 0.507 e. The Morgan fingerprint density at radius 1 is 1.03 bits per heavy atom. The fourth-order valence-corrected chi connectivity index (χ4v) is 5.79. The van der Waals surface area contributed by atoms with Crippen LogP contribution in [0.4, 0.5) is 0 Å². The number of aliphatic hydroxyl groups excluding tert-OH is 1. The first-order chi connectivity index (χ1) is 18.5. The zero-order valence-corrected chi connectivity index (χ0v) is 22.3. The second-order valence-electron chi connectivity index (χ2n) is 9.56. The molecule has 0 saturated carbocycles. The van der Waals surface area contributed by atoms with Gasteiger partial charge in [-0.15, -0.1) is 11.3 Å². The molecule has 3 heterocycles. The smallest absolute Gasteiger partial charge is 0.295 e. The number of likely N-dealkylation sites (tertiary alicyclic amines) is 1. The summed E-state index contributed by atoms with van der Waals surface area (Å²) in [5, 5.41) is 13.2. The molecule has 2 aliphatic heterocycles. The van der Waals surface area contributed by atoms with Crippen molar-refractivity contribution in [2.45, 2.75) is 26.0 Å².